The number of benzene rings is 1. The molecule has 0 saturated carbocycles. The summed E-state index contributed by atoms with van der Waals surface area (Å²) in [5.74, 6) is 0.854. The summed E-state index contributed by atoms with van der Waals surface area (Å²) in [6.45, 7) is 7.82. The van der Waals surface area contributed by atoms with Crippen LogP contribution in [0.1, 0.15) is 25.3 Å². The minimum Gasteiger partial charge on any atom is -0.317 e. The van der Waals surface area contributed by atoms with Crippen molar-refractivity contribution in [3.05, 3.63) is 34.9 Å². The zero-order chi connectivity index (χ0) is 12.8. The highest BCUT2D eigenvalue weighted by Crippen LogP contribution is 2.21. The fraction of sp³-hybridized carbons (Fsp3) is 0.600. The van der Waals surface area contributed by atoms with Gasteiger partial charge in [0.05, 0.1) is 0 Å². The highest BCUT2D eigenvalue weighted by Gasteiger charge is 2.19. The molecule has 19 heavy (non-hydrogen) atoms. The molecule has 1 heterocycles. The second-order valence-electron chi connectivity index (χ2n) is 5.12. The number of likely N-dealkylation sites (tertiary alicyclic amines) is 1. The SMILES string of the molecule is CCNCC1CCN(Cc2ccccc2Cl)CC1.Cl. The van der Waals surface area contributed by atoms with E-state index in [-0.39, 0.29) is 12.4 Å². The number of rotatable bonds is 5. The van der Waals surface area contributed by atoms with E-state index in [4.69, 9.17) is 11.6 Å². The highest BCUT2D eigenvalue weighted by molar-refractivity contribution is 6.31. The van der Waals surface area contributed by atoms with E-state index in [1.54, 1.807) is 0 Å². The van der Waals surface area contributed by atoms with Crippen molar-refractivity contribution < 1.29 is 0 Å². The molecule has 4 heteroatoms. The highest BCUT2D eigenvalue weighted by atomic mass is 35.5. The van der Waals surface area contributed by atoms with Gasteiger partial charge in [0.25, 0.3) is 0 Å². The molecule has 0 spiro atoms. The van der Waals surface area contributed by atoms with Crippen LogP contribution in [-0.4, -0.2) is 31.1 Å². The predicted molar refractivity (Wildman–Crippen MR) is 85.2 cm³/mol. The lowest BCUT2D eigenvalue weighted by Crippen LogP contribution is -2.36. The molecule has 0 aromatic heterocycles. The molecule has 1 aromatic carbocycles. The van der Waals surface area contributed by atoms with Crippen molar-refractivity contribution in [3.63, 3.8) is 0 Å². The Bertz CT molecular complexity index is 363. The lowest BCUT2D eigenvalue weighted by molar-refractivity contribution is 0.176. The van der Waals surface area contributed by atoms with E-state index in [9.17, 15) is 0 Å². The number of nitrogens with one attached hydrogen (secondary N) is 1. The molecule has 1 saturated heterocycles. The van der Waals surface area contributed by atoms with Crippen molar-refractivity contribution >= 4 is 24.0 Å². The standard InChI is InChI=1S/C15H23ClN2.ClH/c1-2-17-11-13-7-9-18(10-8-13)12-14-5-3-4-6-15(14)16;/h3-6,13,17H,2,7-12H2,1H3;1H. The number of nitrogens with zero attached hydrogens (tertiary/aromatic N) is 1. The molecule has 0 atom stereocenters. The Labute approximate surface area is 127 Å². The van der Waals surface area contributed by atoms with Gasteiger partial charge in [-0.3, -0.25) is 4.90 Å². The minimum absolute atomic E-state index is 0. The van der Waals surface area contributed by atoms with Crippen molar-refractivity contribution in [1.29, 1.82) is 0 Å². The first-order valence-electron chi connectivity index (χ1n) is 6.96. The summed E-state index contributed by atoms with van der Waals surface area (Å²) in [5, 5.41) is 4.35. The Kier molecular flexibility index (Phi) is 7.77. The average Bonchev–Trinajstić information content (AvgIpc) is 2.41. The van der Waals surface area contributed by atoms with Gasteiger partial charge in [0.15, 0.2) is 0 Å². The van der Waals surface area contributed by atoms with E-state index in [1.165, 1.54) is 38.0 Å². The van der Waals surface area contributed by atoms with Crippen LogP contribution in [0.4, 0.5) is 0 Å². The first-order valence-corrected chi connectivity index (χ1v) is 7.34. The van der Waals surface area contributed by atoms with Gasteiger partial charge in [-0.05, 0) is 56.6 Å². The minimum atomic E-state index is 0. The molecule has 1 fully saturated rings. The molecule has 2 rings (SSSR count). The smallest absolute Gasteiger partial charge is 0.0451 e. The van der Waals surface area contributed by atoms with Gasteiger partial charge in [-0.1, -0.05) is 36.7 Å². The topological polar surface area (TPSA) is 15.3 Å². The van der Waals surface area contributed by atoms with Crippen molar-refractivity contribution in [2.75, 3.05) is 26.2 Å². The summed E-state index contributed by atoms with van der Waals surface area (Å²) < 4.78 is 0. The van der Waals surface area contributed by atoms with Crippen molar-refractivity contribution in [1.82, 2.24) is 10.2 Å². The molecule has 108 valence electrons. The summed E-state index contributed by atoms with van der Waals surface area (Å²) in [6.07, 6.45) is 2.61. The number of hydrogen-bond donors (Lipinski definition) is 1. The van der Waals surface area contributed by atoms with Crippen LogP contribution in [0.2, 0.25) is 5.02 Å². The van der Waals surface area contributed by atoms with Crippen molar-refractivity contribution in [2.24, 2.45) is 5.92 Å². The molecule has 1 aromatic rings. The lowest BCUT2D eigenvalue weighted by atomic mass is 9.96. The third-order valence-electron chi connectivity index (χ3n) is 3.74. The summed E-state index contributed by atoms with van der Waals surface area (Å²) in [5.41, 5.74) is 1.25. The Hall–Kier alpha value is -0.280. The van der Waals surface area contributed by atoms with Crippen LogP contribution in [0.3, 0.4) is 0 Å². The largest absolute Gasteiger partial charge is 0.317 e. The first-order chi connectivity index (χ1) is 8.79. The summed E-state index contributed by atoms with van der Waals surface area (Å²) in [7, 11) is 0. The van der Waals surface area contributed by atoms with Gasteiger partial charge in [-0.15, -0.1) is 12.4 Å². The van der Waals surface area contributed by atoms with E-state index in [0.29, 0.717) is 0 Å². The summed E-state index contributed by atoms with van der Waals surface area (Å²) in [4.78, 5) is 2.52. The van der Waals surface area contributed by atoms with Gasteiger partial charge in [-0.2, -0.15) is 0 Å². The molecule has 1 N–H and O–H groups in total. The second-order valence-corrected chi connectivity index (χ2v) is 5.53. The maximum absolute atomic E-state index is 6.20. The van der Waals surface area contributed by atoms with Crippen LogP contribution < -0.4 is 5.32 Å². The number of halogens is 2. The monoisotopic (exact) mass is 302 g/mol. The van der Waals surface area contributed by atoms with Crippen molar-refractivity contribution in [2.45, 2.75) is 26.3 Å². The van der Waals surface area contributed by atoms with Gasteiger partial charge < -0.3 is 5.32 Å². The molecule has 1 aliphatic heterocycles. The van der Waals surface area contributed by atoms with Crippen LogP contribution in [0.5, 0.6) is 0 Å². The van der Waals surface area contributed by atoms with E-state index in [2.05, 4.69) is 29.3 Å². The molecule has 0 unspecified atom stereocenters. The molecule has 1 aliphatic rings. The lowest BCUT2D eigenvalue weighted by Gasteiger charge is -2.32. The van der Waals surface area contributed by atoms with Crippen LogP contribution >= 0.6 is 24.0 Å². The Balaban J connectivity index is 0.00000180. The third kappa shape index (κ3) is 5.31. The molecule has 0 aliphatic carbocycles. The maximum Gasteiger partial charge on any atom is 0.0451 e. The van der Waals surface area contributed by atoms with Gasteiger partial charge in [0.1, 0.15) is 0 Å². The van der Waals surface area contributed by atoms with E-state index < -0.39 is 0 Å². The van der Waals surface area contributed by atoms with Crippen molar-refractivity contribution in [3.8, 4) is 0 Å². The van der Waals surface area contributed by atoms with Gasteiger partial charge in [-0.25, -0.2) is 0 Å². The maximum atomic E-state index is 6.20. The zero-order valence-electron chi connectivity index (χ0n) is 11.6. The normalized spacial score (nSPS) is 17.2. The van der Waals surface area contributed by atoms with Gasteiger partial charge in [0, 0.05) is 11.6 Å². The molecular weight excluding hydrogens is 279 g/mol. The Morgan fingerprint density at radius 1 is 1.26 bits per heavy atom. The summed E-state index contributed by atoms with van der Waals surface area (Å²) >= 11 is 6.20. The van der Waals surface area contributed by atoms with Gasteiger partial charge >= 0.3 is 0 Å². The van der Waals surface area contributed by atoms with E-state index in [1.807, 2.05) is 12.1 Å². The summed E-state index contributed by atoms with van der Waals surface area (Å²) in [6, 6.07) is 8.18. The Morgan fingerprint density at radius 2 is 1.95 bits per heavy atom. The molecule has 0 amide bonds. The Morgan fingerprint density at radius 3 is 2.58 bits per heavy atom. The quantitative estimate of drug-likeness (QED) is 0.894. The average molecular weight is 303 g/mol. The van der Waals surface area contributed by atoms with Crippen LogP contribution in [0, 0.1) is 5.92 Å². The van der Waals surface area contributed by atoms with Crippen LogP contribution in [-0.2, 0) is 6.54 Å². The zero-order valence-corrected chi connectivity index (χ0v) is 13.1. The van der Waals surface area contributed by atoms with Crippen LogP contribution in [0.25, 0.3) is 0 Å². The predicted octanol–water partition coefficient (Wildman–Crippen LogP) is 3.58. The fourth-order valence-electron chi connectivity index (χ4n) is 2.56. The van der Waals surface area contributed by atoms with E-state index in [0.717, 1.165) is 24.0 Å². The fourth-order valence-corrected chi connectivity index (χ4v) is 2.76. The first kappa shape index (κ1) is 16.8. The molecule has 0 radical (unpaired) electrons. The number of piperidine rings is 1. The van der Waals surface area contributed by atoms with E-state index >= 15 is 0 Å². The molecular formula is C15H24Cl2N2. The number of hydrogen-bond acceptors (Lipinski definition) is 2. The third-order valence-corrected chi connectivity index (χ3v) is 4.11. The van der Waals surface area contributed by atoms with Crippen LogP contribution in [0.15, 0.2) is 24.3 Å². The molecule has 2 nitrogen and oxygen atoms in total. The van der Waals surface area contributed by atoms with Gasteiger partial charge in [0.2, 0.25) is 0 Å². The molecule has 0 bridgehead atoms. The second kappa shape index (κ2) is 8.80.